The second kappa shape index (κ2) is 6.46. The summed E-state index contributed by atoms with van der Waals surface area (Å²) in [7, 11) is 3.76. The number of para-hydroxylation sites is 2. The molecule has 2 N–H and O–H groups in total. The first-order valence-corrected chi connectivity index (χ1v) is 7.31. The van der Waals surface area contributed by atoms with Gasteiger partial charge in [-0.2, -0.15) is 0 Å². The maximum atomic E-state index is 9.64. The lowest BCUT2D eigenvalue weighted by atomic mass is 9.98. The monoisotopic (exact) mass is 278 g/mol. The molecular weight excluding hydrogens is 252 g/mol. The highest BCUT2D eigenvalue weighted by Gasteiger charge is 2.32. The van der Waals surface area contributed by atoms with Gasteiger partial charge in [-0.25, -0.2) is 0 Å². The van der Waals surface area contributed by atoms with Gasteiger partial charge in [-0.05, 0) is 38.3 Å². The zero-order valence-corrected chi connectivity index (χ0v) is 12.7. The summed E-state index contributed by atoms with van der Waals surface area (Å²) in [6.45, 7) is 3.14. The minimum Gasteiger partial charge on any atom is -0.495 e. The number of hydrogen-bond acceptors (Lipinski definition) is 4. The Morgan fingerprint density at radius 3 is 2.70 bits per heavy atom. The van der Waals surface area contributed by atoms with Crippen LogP contribution in [0.5, 0.6) is 5.75 Å². The Balaban J connectivity index is 1.94. The Morgan fingerprint density at radius 1 is 1.40 bits per heavy atom. The normalized spacial score (nSPS) is 17.6. The molecule has 0 heterocycles. The van der Waals surface area contributed by atoms with Crippen LogP contribution in [0.25, 0.3) is 0 Å². The molecule has 0 saturated heterocycles. The molecule has 0 bridgehead atoms. The highest BCUT2D eigenvalue weighted by molar-refractivity contribution is 5.57. The van der Waals surface area contributed by atoms with Crippen molar-refractivity contribution in [3.63, 3.8) is 0 Å². The van der Waals surface area contributed by atoms with Crippen molar-refractivity contribution in [2.45, 2.75) is 37.8 Å². The molecule has 1 saturated carbocycles. The summed E-state index contributed by atoms with van der Waals surface area (Å²) < 4.78 is 5.39. The Bertz CT molecular complexity index is 434. The average molecular weight is 278 g/mol. The second-order valence-corrected chi connectivity index (χ2v) is 5.98. The number of rotatable bonds is 8. The van der Waals surface area contributed by atoms with E-state index in [4.69, 9.17) is 4.74 Å². The van der Waals surface area contributed by atoms with Crippen LogP contribution < -0.4 is 15.0 Å². The molecule has 0 amide bonds. The Hall–Kier alpha value is -1.26. The summed E-state index contributed by atoms with van der Waals surface area (Å²) >= 11 is 0. The average Bonchev–Trinajstić information content (AvgIpc) is 3.28. The van der Waals surface area contributed by atoms with Crippen LogP contribution in [0.2, 0.25) is 0 Å². The molecule has 112 valence electrons. The van der Waals surface area contributed by atoms with Crippen molar-refractivity contribution < 1.29 is 9.84 Å². The predicted molar refractivity (Wildman–Crippen MR) is 82.5 cm³/mol. The Kier molecular flexibility index (Phi) is 4.89. The number of methoxy groups -OCH3 is 1. The van der Waals surface area contributed by atoms with Crippen LogP contribution in [-0.2, 0) is 0 Å². The number of nitrogens with one attached hydrogen (secondary N) is 1. The molecule has 1 fully saturated rings. The van der Waals surface area contributed by atoms with E-state index < -0.39 is 0 Å². The topological polar surface area (TPSA) is 44.7 Å². The van der Waals surface area contributed by atoms with E-state index in [0.29, 0.717) is 6.04 Å². The summed E-state index contributed by atoms with van der Waals surface area (Å²) in [6.07, 6.45) is 3.37. The lowest BCUT2D eigenvalue weighted by molar-refractivity contribution is 0.165. The lowest BCUT2D eigenvalue weighted by Gasteiger charge is -2.32. The quantitative estimate of drug-likeness (QED) is 0.763. The van der Waals surface area contributed by atoms with Crippen molar-refractivity contribution in [1.29, 1.82) is 0 Å². The third kappa shape index (κ3) is 3.87. The van der Waals surface area contributed by atoms with Gasteiger partial charge in [0.25, 0.3) is 0 Å². The van der Waals surface area contributed by atoms with Gasteiger partial charge in [0.05, 0.1) is 19.4 Å². The zero-order valence-electron chi connectivity index (χ0n) is 12.7. The van der Waals surface area contributed by atoms with Crippen LogP contribution >= 0.6 is 0 Å². The number of benzene rings is 1. The molecule has 0 aromatic heterocycles. The molecule has 1 atom stereocenters. The van der Waals surface area contributed by atoms with E-state index in [0.717, 1.165) is 24.4 Å². The molecule has 0 spiro atoms. The van der Waals surface area contributed by atoms with Crippen LogP contribution in [-0.4, -0.2) is 44.0 Å². The highest BCUT2D eigenvalue weighted by Crippen LogP contribution is 2.28. The van der Waals surface area contributed by atoms with Crippen LogP contribution in [0, 0.1) is 0 Å². The van der Waals surface area contributed by atoms with Gasteiger partial charge in [0.15, 0.2) is 0 Å². The Morgan fingerprint density at radius 2 is 2.10 bits per heavy atom. The molecule has 1 aliphatic carbocycles. The minimum absolute atomic E-state index is 0.170. The van der Waals surface area contributed by atoms with Crippen molar-refractivity contribution in [3.05, 3.63) is 24.3 Å². The number of nitrogens with zero attached hydrogens (tertiary/aromatic N) is 1. The summed E-state index contributed by atoms with van der Waals surface area (Å²) in [5, 5.41) is 13.2. The SMILES string of the molecule is COc1ccccc1N(C)CCC(C)(CO)NC1CC1. The van der Waals surface area contributed by atoms with Gasteiger partial charge >= 0.3 is 0 Å². The summed E-state index contributed by atoms with van der Waals surface area (Å²) in [5.41, 5.74) is 0.888. The van der Waals surface area contributed by atoms with Gasteiger partial charge in [0.2, 0.25) is 0 Å². The molecule has 0 radical (unpaired) electrons. The van der Waals surface area contributed by atoms with E-state index >= 15 is 0 Å². The predicted octanol–water partition coefficient (Wildman–Crippen LogP) is 2.02. The van der Waals surface area contributed by atoms with E-state index in [1.807, 2.05) is 18.2 Å². The van der Waals surface area contributed by atoms with Crippen molar-refractivity contribution in [2.75, 3.05) is 32.2 Å². The van der Waals surface area contributed by atoms with Crippen molar-refractivity contribution in [1.82, 2.24) is 5.32 Å². The van der Waals surface area contributed by atoms with Crippen molar-refractivity contribution >= 4 is 5.69 Å². The fraction of sp³-hybridized carbons (Fsp3) is 0.625. The third-order valence-corrected chi connectivity index (χ3v) is 3.97. The van der Waals surface area contributed by atoms with E-state index in [9.17, 15) is 5.11 Å². The minimum atomic E-state index is -0.197. The summed E-state index contributed by atoms with van der Waals surface area (Å²) in [5.74, 6) is 0.885. The van der Waals surface area contributed by atoms with Crippen molar-refractivity contribution in [3.8, 4) is 5.75 Å². The third-order valence-electron chi connectivity index (χ3n) is 3.97. The lowest BCUT2D eigenvalue weighted by Crippen LogP contribution is -2.48. The Labute approximate surface area is 121 Å². The number of anilines is 1. The molecule has 1 aromatic carbocycles. The fourth-order valence-electron chi connectivity index (χ4n) is 2.40. The molecule has 1 aromatic rings. The summed E-state index contributed by atoms with van der Waals surface area (Å²) in [4.78, 5) is 2.18. The number of aliphatic hydroxyl groups is 1. The number of hydrogen-bond donors (Lipinski definition) is 2. The molecule has 20 heavy (non-hydrogen) atoms. The van der Waals surface area contributed by atoms with Crippen LogP contribution in [0.3, 0.4) is 0 Å². The van der Waals surface area contributed by atoms with Gasteiger partial charge in [-0.1, -0.05) is 12.1 Å². The van der Waals surface area contributed by atoms with E-state index in [1.54, 1.807) is 7.11 Å². The maximum absolute atomic E-state index is 9.64. The van der Waals surface area contributed by atoms with Gasteiger partial charge in [-0.15, -0.1) is 0 Å². The first-order chi connectivity index (χ1) is 9.58. The molecule has 4 nitrogen and oxygen atoms in total. The molecule has 0 aliphatic heterocycles. The van der Waals surface area contributed by atoms with Crippen LogP contribution in [0.1, 0.15) is 26.2 Å². The maximum Gasteiger partial charge on any atom is 0.142 e. The first-order valence-electron chi connectivity index (χ1n) is 7.31. The van der Waals surface area contributed by atoms with Crippen molar-refractivity contribution in [2.24, 2.45) is 0 Å². The number of aliphatic hydroxyl groups excluding tert-OH is 1. The standard InChI is InChI=1S/C16H26N2O2/c1-16(12-19,17-13-8-9-13)10-11-18(2)14-6-4-5-7-15(14)20-3/h4-7,13,17,19H,8-12H2,1-3H3. The fourth-order valence-corrected chi connectivity index (χ4v) is 2.40. The highest BCUT2D eigenvalue weighted by atomic mass is 16.5. The van der Waals surface area contributed by atoms with Crippen LogP contribution in [0.4, 0.5) is 5.69 Å². The van der Waals surface area contributed by atoms with E-state index in [2.05, 4.69) is 30.3 Å². The zero-order chi connectivity index (χ0) is 14.6. The second-order valence-electron chi connectivity index (χ2n) is 5.98. The van der Waals surface area contributed by atoms with E-state index in [-0.39, 0.29) is 12.1 Å². The van der Waals surface area contributed by atoms with Gasteiger partial charge < -0.3 is 20.1 Å². The van der Waals surface area contributed by atoms with Gasteiger partial charge in [-0.3, -0.25) is 0 Å². The van der Waals surface area contributed by atoms with E-state index in [1.165, 1.54) is 12.8 Å². The van der Waals surface area contributed by atoms with Crippen LogP contribution in [0.15, 0.2) is 24.3 Å². The molecule has 1 aliphatic rings. The molecular formula is C16H26N2O2. The molecule has 4 heteroatoms. The molecule has 2 rings (SSSR count). The largest absolute Gasteiger partial charge is 0.495 e. The van der Waals surface area contributed by atoms with Gasteiger partial charge in [0, 0.05) is 25.2 Å². The first kappa shape index (κ1) is 15.1. The molecule has 1 unspecified atom stereocenters. The summed E-state index contributed by atoms with van der Waals surface area (Å²) in [6, 6.07) is 8.62. The smallest absolute Gasteiger partial charge is 0.142 e. The number of ether oxygens (including phenoxy) is 1. The van der Waals surface area contributed by atoms with Gasteiger partial charge in [0.1, 0.15) is 5.75 Å².